The molecule has 3 aromatic rings. The van der Waals surface area contributed by atoms with Crippen molar-refractivity contribution in [2.75, 3.05) is 16.4 Å². The average Bonchev–Trinajstić information content (AvgIpc) is 2.73. The lowest BCUT2D eigenvalue weighted by atomic mass is 10.2. The third-order valence-electron chi connectivity index (χ3n) is 3.85. The van der Waals surface area contributed by atoms with Crippen molar-refractivity contribution in [1.29, 1.82) is 5.26 Å². The number of anilines is 3. The molecule has 7 heteroatoms. The number of nitriles is 1. The van der Waals surface area contributed by atoms with Crippen molar-refractivity contribution in [2.45, 2.75) is 9.79 Å². The number of hydrogen-bond donors (Lipinski definition) is 3. The molecule has 0 aromatic heterocycles. The summed E-state index contributed by atoms with van der Waals surface area (Å²) >= 11 is 7.51. The Morgan fingerprint density at radius 3 is 2.52 bits per heavy atom. The number of amides is 1. The minimum atomic E-state index is -0.511. The van der Waals surface area contributed by atoms with Gasteiger partial charge in [-0.1, -0.05) is 53.7 Å². The molecule has 144 valence electrons. The van der Waals surface area contributed by atoms with E-state index in [0.717, 1.165) is 9.79 Å². The molecule has 5 nitrogen and oxygen atoms in total. The van der Waals surface area contributed by atoms with Gasteiger partial charge in [-0.2, -0.15) is 5.26 Å². The Morgan fingerprint density at radius 1 is 1.07 bits per heavy atom. The van der Waals surface area contributed by atoms with E-state index >= 15 is 0 Å². The summed E-state index contributed by atoms with van der Waals surface area (Å²) in [5, 5.41) is 15.5. The summed E-state index contributed by atoms with van der Waals surface area (Å²) in [7, 11) is 0. The molecule has 0 fully saturated rings. The SMILES string of the molecule is N#C/C(=C/Nc1ccc(N)c(Cl)c1)C(=O)Nc1ccccc1Sc1ccccc1. The molecule has 0 saturated carbocycles. The Kier molecular flexibility index (Phi) is 6.80. The smallest absolute Gasteiger partial charge is 0.267 e. The number of nitrogens with zero attached hydrogens (tertiary/aromatic N) is 1. The topological polar surface area (TPSA) is 90.9 Å². The number of carbonyl (C=O) groups excluding carboxylic acids is 1. The molecule has 3 aromatic carbocycles. The number of nitrogens with two attached hydrogens (primary N) is 1. The molecule has 0 radical (unpaired) electrons. The second-order valence-corrected chi connectivity index (χ2v) is 7.44. The standard InChI is InChI=1S/C22H17ClN4OS/c23-18-12-16(10-11-19(18)25)26-14-15(13-24)22(28)27-20-8-4-5-9-21(20)29-17-6-2-1-3-7-17/h1-12,14,26H,25H2,(H,27,28)/b15-14-. The highest BCUT2D eigenvalue weighted by atomic mass is 35.5. The van der Waals surface area contributed by atoms with E-state index in [4.69, 9.17) is 17.3 Å². The first-order chi connectivity index (χ1) is 14.1. The second-order valence-electron chi connectivity index (χ2n) is 5.92. The third-order valence-corrected chi connectivity index (χ3v) is 5.27. The molecule has 0 aliphatic heterocycles. The van der Waals surface area contributed by atoms with Crippen LogP contribution in [-0.4, -0.2) is 5.91 Å². The molecule has 0 aliphatic carbocycles. The van der Waals surface area contributed by atoms with Crippen LogP contribution in [0.5, 0.6) is 0 Å². The first-order valence-electron chi connectivity index (χ1n) is 8.62. The van der Waals surface area contributed by atoms with Crippen LogP contribution in [0.1, 0.15) is 0 Å². The molecule has 0 heterocycles. The van der Waals surface area contributed by atoms with Crippen LogP contribution in [-0.2, 0) is 4.79 Å². The first-order valence-corrected chi connectivity index (χ1v) is 9.81. The Bertz CT molecular complexity index is 1090. The Balaban J connectivity index is 1.74. The number of carbonyl (C=O) groups is 1. The molecule has 4 N–H and O–H groups in total. The largest absolute Gasteiger partial charge is 0.398 e. The van der Waals surface area contributed by atoms with Gasteiger partial charge < -0.3 is 16.4 Å². The van der Waals surface area contributed by atoms with Crippen LogP contribution in [0.25, 0.3) is 0 Å². The van der Waals surface area contributed by atoms with Crippen LogP contribution in [0, 0.1) is 11.3 Å². The van der Waals surface area contributed by atoms with Crippen LogP contribution in [0.3, 0.4) is 0 Å². The summed E-state index contributed by atoms with van der Waals surface area (Å²) in [5.41, 5.74) is 7.30. The highest BCUT2D eigenvalue weighted by Gasteiger charge is 2.12. The van der Waals surface area contributed by atoms with Gasteiger partial charge in [-0.25, -0.2) is 0 Å². The zero-order chi connectivity index (χ0) is 20.6. The fourth-order valence-electron chi connectivity index (χ4n) is 2.39. The Morgan fingerprint density at radius 2 is 1.79 bits per heavy atom. The lowest BCUT2D eigenvalue weighted by Crippen LogP contribution is -2.15. The molecule has 29 heavy (non-hydrogen) atoms. The Labute approximate surface area is 178 Å². The van der Waals surface area contributed by atoms with Crippen molar-refractivity contribution < 1.29 is 4.79 Å². The molecule has 0 unspecified atom stereocenters. The number of para-hydroxylation sites is 1. The molecule has 0 aliphatic rings. The van der Waals surface area contributed by atoms with Gasteiger partial charge >= 0.3 is 0 Å². The lowest BCUT2D eigenvalue weighted by Gasteiger charge is -2.10. The van der Waals surface area contributed by atoms with Crippen molar-refractivity contribution in [3.63, 3.8) is 0 Å². The van der Waals surface area contributed by atoms with Gasteiger partial charge in [-0.05, 0) is 42.5 Å². The summed E-state index contributed by atoms with van der Waals surface area (Å²) in [6, 6.07) is 24.1. The van der Waals surface area contributed by atoms with Gasteiger partial charge in [0.05, 0.1) is 16.4 Å². The van der Waals surface area contributed by atoms with Gasteiger partial charge in [0.25, 0.3) is 5.91 Å². The number of benzene rings is 3. The maximum atomic E-state index is 12.6. The van der Waals surface area contributed by atoms with Crippen LogP contribution >= 0.6 is 23.4 Å². The molecule has 0 saturated heterocycles. The fraction of sp³-hybridized carbons (Fsp3) is 0. The minimum absolute atomic E-state index is 0.0718. The van der Waals surface area contributed by atoms with E-state index < -0.39 is 5.91 Å². The Hall–Kier alpha value is -3.40. The van der Waals surface area contributed by atoms with Crippen molar-refractivity contribution in [1.82, 2.24) is 0 Å². The van der Waals surface area contributed by atoms with Crippen molar-refractivity contribution in [2.24, 2.45) is 0 Å². The van der Waals surface area contributed by atoms with Crippen LogP contribution in [0.2, 0.25) is 5.02 Å². The van der Waals surface area contributed by atoms with Gasteiger partial charge in [0.15, 0.2) is 0 Å². The van der Waals surface area contributed by atoms with Crippen LogP contribution < -0.4 is 16.4 Å². The van der Waals surface area contributed by atoms with Crippen molar-refractivity contribution >= 4 is 46.3 Å². The zero-order valence-electron chi connectivity index (χ0n) is 15.2. The van der Waals surface area contributed by atoms with E-state index in [1.807, 2.05) is 54.6 Å². The fourth-order valence-corrected chi connectivity index (χ4v) is 3.49. The summed E-state index contributed by atoms with van der Waals surface area (Å²) in [6.07, 6.45) is 1.34. The summed E-state index contributed by atoms with van der Waals surface area (Å²) in [4.78, 5) is 14.5. The summed E-state index contributed by atoms with van der Waals surface area (Å²) in [5.74, 6) is -0.511. The van der Waals surface area contributed by atoms with Gasteiger partial charge in [0.2, 0.25) is 0 Å². The zero-order valence-corrected chi connectivity index (χ0v) is 16.8. The van der Waals surface area contributed by atoms with Gasteiger partial charge in [0.1, 0.15) is 11.6 Å². The number of nitrogen functional groups attached to an aromatic ring is 1. The highest BCUT2D eigenvalue weighted by molar-refractivity contribution is 7.99. The molecule has 3 rings (SSSR count). The second kappa shape index (κ2) is 9.69. The summed E-state index contributed by atoms with van der Waals surface area (Å²) < 4.78 is 0. The predicted molar refractivity (Wildman–Crippen MR) is 119 cm³/mol. The van der Waals surface area contributed by atoms with Crippen LogP contribution in [0.4, 0.5) is 17.1 Å². The summed E-state index contributed by atoms with van der Waals surface area (Å²) in [6.45, 7) is 0. The van der Waals surface area contributed by atoms with E-state index in [1.54, 1.807) is 24.3 Å². The molecule has 1 amide bonds. The number of halogens is 1. The minimum Gasteiger partial charge on any atom is -0.398 e. The van der Waals surface area contributed by atoms with E-state index in [9.17, 15) is 10.1 Å². The van der Waals surface area contributed by atoms with E-state index in [-0.39, 0.29) is 5.57 Å². The van der Waals surface area contributed by atoms with Gasteiger partial charge in [-0.3, -0.25) is 4.79 Å². The van der Waals surface area contributed by atoms with Crippen molar-refractivity contribution in [3.05, 3.63) is 89.6 Å². The highest BCUT2D eigenvalue weighted by Crippen LogP contribution is 2.33. The molecular weight excluding hydrogens is 404 g/mol. The first kappa shape index (κ1) is 20.3. The van der Waals surface area contributed by atoms with E-state index in [1.165, 1.54) is 18.0 Å². The van der Waals surface area contributed by atoms with Crippen molar-refractivity contribution in [3.8, 4) is 6.07 Å². The third kappa shape index (κ3) is 5.55. The number of hydrogen-bond acceptors (Lipinski definition) is 5. The maximum Gasteiger partial charge on any atom is 0.267 e. The van der Waals surface area contributed by atoms with Crippen LogP contribution in [0.15, 0.2) is 94.4 Å². The van der Waals surface area contributed by atoms with Gasteiger partial charge in [0, 0.05) is 21.7 Å². The predicted octanol–water partition coefficient (Wildman–Crippen LogP) is 5.53. The monoisotopic (exact) mass is 420 g/mol. The van der Waals surface area contributed by atoms with E-state index in [0.29, 0.717) is 22.1 Å². The molecule has 0 spiro atoms. The average molecular weight is 421 g/mol. The number of nitrogens with one attached hydrogen (secondary N) is 2. The molecule has 0 atom stereocenters. The van der Waals surface area contributed by atoms with Gasteiger partial charge in [-0.15, -0.1) is 0 Å². The lowest BCUT2D eigenvalue weighted by molar-refractivity contribution is -0.112. The van der Waals surface area contributed by atoms with E-state index in [2.05, 4.69) is 10.6 Å². The quantitative estimate of drug-likeness (QED) is 0.277. The number of rotatable bonds is 6. The molecule has 0 bridgehead atoms. The normalized spacial score (nSPS) is 10.8. The molecular formula is C22H17ClN4OS. The maximum absolute atomic E-state index is 12.6.